The van der Waals surface area contributed by atoms with Crippen molar-refractivity contribution in [2.24, 2.45) is 0 Å². The molecule has 0 heterocycles. The lowest BCUT2D eigenvalue weighted by Crippen LogP contribution is -3.00. The Balaban J connectivity index is 0.00000113. The molecule has 0 aromatic heterocycles. The Labute approximate surface area is 559 Å². The van der Waals surface area contributed by atoms with E-state index >= 15 is 0 Å². The average Bonchev–Trinajstić information content (AvgIpc) is 3.27. The molecule has 0 saturated carbocycles. The molecule has 0 bridgehead atoms. The summed E-state index contributed by atoms with van der Waals surface area (Å²) in [5.41, 5.74) is 4.73. The monoisotopic (exact) mass is 1450 g/mol. The molecule has 6 aromatic carbocycles. The maximum absolute atomic E-state index is 9.57. The molecule has 15 nitrogen and oxygen atoms in total. The first kappa shape index (κ1) is 82.0. The van der Waals surface area contributed by atoms with Crippen molar-refractivity contribution in [2.75, 3.05) is 52.4 Å². The third-order valence-corrected chi connectivity index (χ3v) is 15.3. The van der Waals surface area contributed by atoms with E-state index in [9.17, 15) is 66.1 Å². The molecule has 12 N–H and O–H groups in total. The Morgan fingerprint density at radius 3 is 0.477 bits per heavy atom. The molecule has 0 spiro atoms. The van der Waals surface area contributed by atoms with E-state index in [1.54, 1.807) is 48.5 Å². The molecular weight excluding hydrogens is 1340 g/mol. The number of carbonyl (C=O) groups is 1. The minimum absolute atomic E-state index is 0. The first-order valence-electron chi connectivity index (χ1n) is 31.3. The van der Waals surface area contributed by atoms with E-state index in [0.717, 1.165) is 0 Å². The van der Waals surface area contributed by atoms with E-state index < -0.39 is 69.0 Å². The molecule has 6 rings (SSSR count). The molecule has 0 fully saturated rings. The number of phenolic OH excluding ortho intramolecular Hbond substituents is 12. The highest BCUT2D eigenvalue weighted by Crippen LogP contribution is 2.43. The average molecular weight is 1450 g/mol. The van der Waals surface area contributed by atoms with Gasteiger partial charge in [0, 0.05) is 0 Å². The molecular formula is C71H106I2N2O13. The van der Waals surface area contributed by atoms with Crippen molar-refractivity contribution in [2.45, 2.75) is 172 Å². The van der Waals surface area contributed by atoms with Gasteiger partial charge in [-0.25, -0.2) is 0 Å². The standard InChI is InChI=1S/2C18H14O6.2C16H36N.C3H6O.2HI/c2*19-13-5-11(6-14(20)17(13)23)9-1-2-10(4-3-9)12-7-15(21)18(24)16(22)8-12;2*1-5-9-13-17(14-10-6-2,15-11-7-3)16-12-8-4;1-3(2)4;;/h2*1-8,19-24H;2*5-16H2,1-4H3;1-2H3;2*1H/q;;2*+1;;;/p-2. The molecule has 6 aromatic rings. The quantitative estimate of drug-likeness (QED) is 0.0124. The number of hydrogen-bond acceptors (Lipinski definition) is 13. The number of Topliss-reactive ketones (excluding diaryl/α,β-unsaturated/α-hetero) is 1. The van der Waals surface area contributed by atoms with E-state index in [0.29, 0.717) is 44.5 Å². The first-order valence-corrected chi connectivity index (χ1v) is 31.3. The lowest BCUT2D eigenvalue weighted by Gasteiger charge is -2.39. The zero-order valence-corrected chi connectivity index (χ0v) is 58.4. The van der Waals surface area contributed by atoms with Crippen LogP contribution in [0.4, 0.5) is 0 Å². The van der Waals surface area contributed by atoms with Crippen molar-refractivity contribution in [1.29, 1.82) is 0 Å². The summed E-state index contributed by atoms with van der Waals surface area (Å²) in [6.45, 7) is 33.1. The van der Waals surface area contributed by atoms with Gasteiger partial charge in [0.25, 0.3) is 0 Å². The van der Waals surface area contributed by atoms with Gasteiger partial charge in [0.05, 0.1) is 52.4 Å². The molecule has 17 heteroatoms. The summed E-state index contributed by atoms with van der Waals surface area (Å²) < 4.78 is 2.84. The van der Waals surface area contributed by atoms with Gasteiger partial charge in [-0.05, 0) is 158 Å². The largest absolute Gasteiger partial charge is 1.00 e. The molecule has 492 valence electrons. The lowest BCUT2D eigenvalue weighted by atomic mass is 9.99. The number of ketones is 1. The molecule has 88 heavy (non-hydrogen) atoms. The van der Waals surface area contributed by atoms with Crippen LogP contribution in [0.1, 0.15) is 172 Å². The maximum atomic E-state index is 9.57. The van der Waals surface area contributed by atoms with Crippen LogP contribution in [0.5, 0.6) is 69.0 Å². The second kappa shape index (κ2) is 43.6. The SMILES string of the molecule is CC(C)=O.CCCC[N+](CCCC)(CCCC)CCCC.CCCC[N+](CCCC)(CCCC)CCCC.Oc1cc(-c2ccc(-c3cc(O)c(O)c(O)c3)cc2)cc(O)c1O.Oc1cc(-c2ccc(-c3cc(O)c(O)c(O)c3)cc2)cc(O)c1O.[I-].[I-]. The Morgan fingerprint density at radius 2 is 0.375 bits per heavy atom. The van der Waals surface area contributed by atoms with Gasteiger partial charge in [-0.1, -0.05) is 155 Å². The van der Waals surface area contributed by atoms with Gasteiger partial charge >= 0.3 is 0 Å². The second-order valence-electron chi connectivity index (χ2n) is 22.8. The molecule has 0 saturated heterocycles. The van der Waals surface area contributed by atoms with Crippen molar-refractivity contribution in [3.63, 3.8) is 0 Å². The fourth-order valence-electron chi connectivity index (χ4n) is 10.1. The number of halogens is 2. The van der Waals surface area contributed by atoms with Crippen LogP contribution in [0.2, 0.25) is 0 Å². The Kier molecular flexibility index (Phi) is 40.6. The minimum atomic E-state index is -0.578. The summed E-state index contributed by atoms with van der Waals surface area (Å²) in [6.07, 6.45) is 22.1. The van der Waals surface area contributed by atoms with E-state index in [1.165, 1.54) is 226 Å². The summed E-state index contributed by atoms with van der Waals surface area (Å²) in [7, 11) is 0. The van der Waals surface area contributed by atoms with Gasteiger partial charge in [-0.3, -0.25) is 0 Å². The van der Waals surface area contributed by atoms with Crippen LogP contribution in [-0.4, -0.2) is 128 Å². The lowest BCUT2D eigenvalue weighted by molar-refractivity contribution is -0.929. The van der Waals surface area contributed by atoms with Gasteiger partial charge in [0.15, 0.2) is 69.0 Å². The number of unbranched alkanes of at least 4 members (excludes halogenated alkanes) is 8. The topological polar surface area (TPSA) is 260 Å². The third-order valence-electron chi connectivity index (χ3n) is 15.3. The first-order chi connectivity index (χ1) is 40.9. The number of hydrogen-bond donors (Lipinski definition) is 12. The van der Waals surface area contributed by atoms with Crippen molar-refractivity contribution in [3.05, 3.63) is 97.1 Å². The third kappa shape index (κ3) is 27.8. The zero-order valence-electron chi connectivity index (χ0n) is 54.1. The molecule has 0 amide bonds. The van der Waals surface area contributed by atoms with Crippen LogP contribution < -0.4 is 48.0 Å². The van der Waals surface area contributed by atoms with E-state index in [1.807, 2.05) is 0 Å². The highest BCUT2D eigenvalue weighted by Gasteiger charge is 2.26. The number of nitrogens with zero attached hydrogens (tertiary/aromatic N) is 2. The van der Waals surface area contributed by atoms with E-state index in [-0.39, 0.29) is 53.7 Å². The normalized spacial score (nSPS) is 10.8. The number of rotatable bonds is 28. The van der Waals surface area contributed by atoms with Crippen LogP contribution in [0, 0.1) is 0 Å². The van der Waals surface area contributed by atoms with Crippen molar-refractivity contribution in [1.82, 2.24) is 0 Å². The number of phenols is 12. The summed E-state index contributed by atoms with van der Waals surface area (Å²) in [5.74, 6) is -5.57. The minimum Gasteiger partial charge on any atom is -1.00 e. The van der Waals surface area contributed by atoms with Crippen LogP contribution in [0.3, 0.4) is 0 Å². The summed E-state index contributed by atoms with van der Waals surface area (Å²) in [5, 5.41) is 114. The molecule has 0 atom stereocenters. The van der Waals surface area contributed by atoms with Crippen molar-refractivity contribution >= 4 is 5.78 Å². The van der Waals surface area contributed by atoms with Gasteiger partial charge in [0.2, 0.25) is 0 Å². The highest BCUT2D eigenvalue weighted by molar-refractivity contribution is 5.77. The van der Waals surface area contributed by atoms with Crippen molar-refractivity contribution in [3.8, 4) is 114 Å². The smallest absolute Gasteiger partial charge is 0.200 e. The number of quaternary nitrogens is 2. The fraction of sp³-hybridized carbons (Fsp3) is 0.479. The molecule has 0 radical (unpaired) electrons. The van der Waals surface area contributed by atoms with Crippen molar-refractivity contribution < 1.29 is 123 Å². The van der Waals surface area contributed by atoms with E-state index in [2.05, 4.69) is 55.4 Å². The fourth-order valence-corrected chi connectivity index (χ4v) is 10.1. The summed E-state index contributed by atoms with van der Waals surface area (Å²) >= 11 is 0. The maximum Gasteiger partial charge on any atom is 0.200 e. The molecule has 0 aliphatic rings. The highest BCUT2D eigenvalue weighted by atomic mass is 127. The van der Waals surface area contributed by atoms with Crippen LogP contribution in [0.25, 0.3) is 44.5 Å². The number of benzene rings is 6. The summed E-state index contributed by atoms with van der Waals surface area (Å²) in [6, 6.07) is 24.3. The van der Waals surface area contributed by atoms with Gasteiger partial charge in [-0.2, -0.15) is 0 Å². The van der Waals surface area contributed by atoms with Crippen LogP contribution >= 0.6 is 0 Å². The van der Waals surface area contributed by atoms with Gasteiger partial charge in [-0.15, -0.1) is 0 Å². The summed E-state index contributed by atoms with van der Waals surface area (Å²) in [4.78, 5) is 9.44. The Morgan fingerprint density at radius 1 is 0.261 bits per heavy atom. The van der Waals surface area contributed by atoms with Crippen LogP contribution in [-0.2, 0) is 4.79 Å². The Bertz CT molecular complexity index is 2400. The predicted molar refractivity (Wildman–Crippen MR) is 350 cm³/mol. The molecule has 0 unspecified atom stereocenters. The number of carbonyl (C=O) groups excluding carboxylic acids is 1. The Hall–Kier alpha value is -6.03. The molecule has 0 aliphatic carbocycles. The van der Waals surface area contributed by atoms with E-state index in [4.69, 9.17) is 0 Å². The number of aromatic hydroxyl groups is 12. The second-order valence-corrected chi connectivity index (χ2v) is 22.8. The molecule has 0 aliphatic heterocycles. The van der Waals surface area contributed by atoms with Gasteiger partial charge < -0.3 is 123 Å². The zero-order chi connectivity index (χ0) is 64.4. The predicted octanol–water partition coefficient (Wildman–Crippen LogP) is 11.1. The van der Waals surface area contributed by atoms with Crippen LogP contribution in [0.15, 0.2) is 97.1 Å². The van der Waals surface area contributed by atoms with Gasteiger partial charge in [0.1, 0.15) is 5.78 Å².